The Kier molecular flexibility index (Phi) is 4.81. The number of likely N-dealkylation sites (tertiary alicyclic amines) is 1. The number of hydrogen-bond acceptors (Lipinski definition) is 5. The van der Waals surface area contributed by atoms with E-state index in [1.54, 1.807) is 16.7 Å². The Morgan fingerprint density at radius 2 is 2.10 bits per heavy atom. The van der Waals surface area contributed by atoms with Crippen LogP contribution in [-0.2, 0) is 4.74 Å². The molecule has 6 heteroatoms. The molecule has 0 aromatic carbocycles. The third kappa shape index (κ3) is 3.48. The summed E-state index contributed by atoms with van der Waals surface area (Å²) in [6, 6.07) is 0. The van der Waals surface area contributed by atoms with Crippen molar-refractivity contribution >= 4 is 17.9 Å². The quantitative estimate of drug-likeness (QED) is 0.813. The molecule has 5 nitrogen and oxygen atoms in total. The van der Waals surface area contributed by atoms with Crippen molar-refractivity contribution in [2.24, 2.45) is 5.41 Å². The predicted molar refractivity (Wildman–Crippen MR) is 83.5 cm³/mol. The number of carbonyl (C=O) groups is 1. The molecule has 0 bridgehead atoms. The van der Waals surface area contributed by atoms with Crippen molar-refractivity contribution in [3.63, 3.8) is 0 Å². The van der Waals surface area contributed by atoms with Gasteiger partial charge in [0.1, 0.15) is 5.60 Å². The normalized spacial score (nSPS) is 34.0. The Hall–Kier alpha value is -0.460. The molecule has 0 aromatic heterocycles. The van der Waals surface area contributed by atoms with Gasteiger partial charge < -0.3 is 19.8 Å². The van der Waals surface area contributed by atoms with E-state index < -0.39 is 16.6 Å². The van der Waals surface area contributed by atoms with Gasteiger partial charge in [0.2, 0.25) is 0 Å². The molecule has 122 valence electrons. The van der Waals surface area contributed by atoms with Crippen LogP contribution in [0.5, 0.6) is 0 Å². The first-order valence-corrected chi connectivity index (χ1v) is 8.76. The Balaban J connectivity index is 2.11. The fourth-order valence-corrected chi connectivity index (χ4v) is 4.77. The van der Waals surface area contributed by atoms with E-state index in [-0.39, 0.29) is 19.2 Å². The number of piperidine rings is 1. The standard InChI is InChI=1S/C15H27NO4S/c1-13(2,3)20-12(18)16-7-4-5-15(19,9-16)14(10-17)6-8-21-11-14/h17,19H,4-11H2,1-3H3. The Labute approximate surface area is 131 Å². The highest BCUT2D eigenvalue weighted by Crippen LogP contribution is 2.48. The molecule has 1 amide bonds. The van der Waals surface area contributed by atoms with E-state index in [0.29, 0.717) is 13.0 Å². The fourth-order valence-electron chi connectivity index (χ4n) is 3.20. The molecule has 0 aromatic rings. The highest BCUT2D eigenvalue weighted by Gasteiger charge is 2.54. The van der Waals surface area contributed by atoms with Crippen molar-refractivity contribution < 1.29 is 19.7 Å². The molecule has 2 saturated heterocycles. The lowest BCUT2D eigenvalue weighted by Gasteiger charge is -2.49. The van der Waals surface area contributed by atoms with E-state index in [1.165, 1.54) is 0 Å². The van der Waals surface area contributed by atoms with Gasteiger partial charge in [-0.1, -0.05) is 0 Å². The molecule has 21 heavy (non-hydrogen) atoms. The Morgan fingerprint density at radius 3 is 2.62 bits per heavy atom. The van der Waals surface area contributed by atoms with Crippen molar-refractivity contribution in [3.8, 4) is 0 Å². The lowest BCUT2D eigenvalue weighted by molar-refractivity contribution is -0.132. The fraction of sp³-hybridized carbons (Fsp3) is 0.933. The van der Waals surface area contributed by atoms with Crippen LogP contribution in [0.2, 0.25) is 0 Å². The molecule has 2 fully saturated rings. The number of ether oxygens (including phenoxy) is 1. The summed E-state index contributed by atoms with van der Waals surface area (Å²) in [6.07, 6.45) is 1.79. The van der Waals surface area contributed by atoms with Crippen LogP contribution < -0.4 is 0 Å². The van der Waals surface area contributed by atoms with Crippen LogP contribution in [-0.4, -0.2) is 63.6 Å². The van der Waals surface area contributed by atoms with Crippen molar-refractivity contribution in [1.29, 1.82) is 0 Å². The summed E-state index contributed by atoms with van der Waals surface area (Å²) in [7, 11) is 0. The van der Waals surface area contributed by atoms with Gasteiger partial charge in [-0.2, -0.15) is 11.8 Å². The molecular weight excluding hydrogens is 290 g/mol. The van der Waals surface area contributed by atoms with Crippen LogP contribution in [0.1, 0.15) is 40.0 Å². The molecule has 2 unspecified atom stereocenters. The maximum absolute atomic E-state index is 12.2. The highest BCUT2D eigenvalue weighted by molar-refractivity contribution is 7.99. The van der Waals surface area contributed by atoms with Crippen molar-refractivity contribution in [1.82, 2.24) is 4.90 Å². The number of β-amino-alcohol motifs (C(OH)–C–C–N with tert-alkyl or cyclic N) is 1. The third-order valence-corrected chi connectivity index (χ3v) is 5.77. The van der Waals surface area contributed by atoms with Gasteiger partial charge in [0.05, 0.1) is 18.8 Å². The average molecular weight is 317 g/mol. The summed E-state index contributed by atoms with van der Waals surface area (Å²) in [4.78, 5) is 13.8. The van der Waals surface area contributed by atoms with Crippen molar-refractivity contribution in [2.45, 2.75) is 51.2 Å². The third-order valence-electron chi connectivity index (χ3n) is 4.52. The molecule has 2 rings (SSSR count). The number of aliphatic hydroxyl groups is 2. The van der Waals surface area contributed by atoms with Crippen molar-refractivity contribution in [3.05, 3.63) is 0 Å². The van der Waals surface area contributed by atoms with Gasteiger partial charge in [-0.05, 0) is 45.8 Å². The van der Waals surface area contributed by atoms with E-state index in [4.69, 9.17) is 4.74 Å². The molecule has 2 atom stereocenters. The minimum Gasteiger partial charge on any atom is -0.444 e. The molecule has 2 aliphatic heterocycles. The second-order valence-electron chi connectivity index (χ2n) is 7.28. The number of aliphatic hydroxyl groups excluding tert-OH is 1. The van der Waals surface area contributed by atoms with Gasteiger partial charge >= 0.3 is 6.09 Å². The minimum atomic E-state index is -1.01. The van der Waals surface area contributed by atoms with Crippen LogP contribution in [0.4, 0.5) is 4.79 Å². The number of carbonyl (C=O) groups excluding carboxylic acids is 1. The zero-order valence-corrected chi connectivity index (χ0v) is 14.0. The summed E-state index contributed by atoms with van der Waals surface area (Å²) in [5, 5.41) is 21.0. The Morgan fingerprint density at radius 1 is 1.38 bits per heavy atom. The Bertz CT molecular complexity index is 390. The molecule has 0 saturated carbocycles. The molecule has 2 N–H and O–H groups in total. The maximum Gasteiger partial charge on any atom is 0.410 e. The van der Waals surface area contributed by atoms with Crippen LogP contribution in [0.25, 0.3) is 0 Å². The summed E-state index contributed by atoms with van der Waals surface area (Å²) < 4.78 is 5.41. The number of nitrogens with zero attached hydrogens (tertiary/aromatic N) is 1. The smallest absolute Gasteiger partial charge is 0.410 e. The summed E-state index contributed by atoms with van der Waals surface area (Å²) in [5.41, 5.74) is -2.04. The van der Waals surface area contributed by atoms with E-state index in [9.17, 15) is 15.0 Å². The predicted octanol–water partition coefficient (Wildman–Crippen LogP) is 1.86. The lowest BCUT2D eigenvalue weighted by atomic mass is 9.68. The minimum absolute atomic E-state index is 0.0291. The molecule has 0 radical (unpaired) electrons. The van der Waals surface area contributed by atoms with Gasteiger partial charge in [0, 0.05) is 17.7 Å². The summed E-state index contributed by atoms with van der Waals surface area (Å²) in [6.45, 7) is 6.34. The molecule has 2 aliphatic rings. The van der Waals surface area contributed by atoms with Crippen LogP contribution in [0.15, 0.2) is 0 Å². The SMILES string of the molecule is CC(C)(C)OC(=O)N1CCCC(O)(C2(CO)CCSC2)C1. The molecule has 0 spiro atoms. The van der Waals surface area contributed by atoms with E-state index in [2.05, 4.69) is 0 Å². The monoisotopic (exact) mass is 317 g/mol. The van der Waals surface area contributed by atoms with Crippen molar-refractivity contribution in [2.75, 3.05) is 31.2 Å². The zero-order valence-electron chi connectivity index (χ0n) is 13.2. The van der Waals surface area contributed by atoms with E-state index in [1.807, 2.05) is 20.8 Å². The van der Waals surface area contributed by atoms with Crippen LogP contribution in [0.3, 0.4) is 0 Å². The lowest BCUT2D eigenvalue weighted by Crippen LogP contribution is -2.61. The number of hydrogen-bond donors (Lipinski definition) is 2. The van der Waals surface area contributed by atoms with Gasteiger partial charge in [0.15, 0.2) is 0 Å². The largest absolute Gasteiger partial charge is 0.444 e. The first kappa shape index (κ1) is 16.9. The summed E-state index contributed by atoms with van der Waals surface area (Å²) in [5.74, 6) is 1.71. The van der Waals surface area contributed by atoms with Crippen LogP contribution in [0, 0.1) is 5.41 Å². The highest BCUT2D eigenvalue weighted by atomic mass is 32.2. The number of rotatable bonds is 2. The maximum atomic E-state index is 12.2. The van der Waals surface area contributed by atoms with Gasteiger partial charge in [0.25, 0.3) is 0 Å². The number of thioether (sulfide) groups is 1. The first-order chi connectivity index (χ1) is 9.71. The zero-order chi connectivity index (χ0) is 15.7. The number of amides is 1. The van der Waals surface area contributed by atoms with Gasteiger partial charge in [-0.25, -0.2) is 4.79 Å². The van der Waals surface area contributed by atoms with E-state index >= 15 is 0 Å². The van der Waals surface area contributed by atoms with Crippen LogP contribution >= 0.6 is 11.8 Å². The second kappa shape index (κ2) is 5.97. The summed E-state index contributed by atoms with van der Waals surface area (Å²) >= 11 is 1.76. The molecule has 2 heterocycles. The second-order valence-corrected chi connectivity index (χ2v) is 8.38. The topological polar surface area (TPSA) is 70.0 Å². The average Bonchev–Trinajstić information content (AvgIpc) is 2.87. The van der Waals surface area contributed by atoms with E-state index in [0.717, 1.165) is 24.3 Å². The van der Waals surface area contributed by atoms with Gasteiger partial charge in [-0.15, -0.1) is 0 Å². The molecule has 0 aliphatic carbocycles. The molecular formula is C15H27NO4S. The van der Waals surface area contributed by atoms with Gasteiger partial charge in [-0.3, -0.25) is 0 Å². The first-order valence-electron chi connectivity index (χ1n) is 7.60.